The van der Waals surface area contributed by atoms with Gasteiger partial charge in [-0.3, -0.25) is 4.90 Å². The maximum absolute atomic E-state index is 14.3. The zero-order chi connectivity index (χ0) is 22.5. The quantitative estimate of drug-likeness (QED) is 0.560. The molecule has 0 saturated carbocycles. The van der Waals surface area contributed by atoms with E-state index in [4.69, 9.17) is 27.9 Å². The molecule has 2 aliphatic heterocycles. The minimum absolute atomic E-state index is 0.00304. The highest BCUT2D eigenvalue weighted by atomic mass is 35.5. The SMILES string of the molecule is OCc1nn(-c2ncccc2Cl)cc1CN1CCC2(CC1)OCC(F)(F)c1cc(Cl)sc12. The predicted molar refractivity (Wildman–Crippen MR) is 118 cm³/mol. The average molecular weight is 501 g/mol. The fraction of sp³-hybridized carbons (Fsp3) is 0.429. The van der Waals surface area contributed by atoms with Crippen LogP contribution in [0.2, 0.25) is 9.36 Å². The number of thiophene rings is 1. The standard InChI is InChI=1S/C21H20Cl2F2N4O2S/c22-15-2-1-5-26-19(15)29-10-13(16(11-30)27-29)9-28-6-3-20(4-7-28)18-14(8-17(23)32-18)21(24,25)12-31-20/h1-2,5,8,10,30H,3-4,6-7,9,11-12H2. The summed E-state index contributed by atoms with van der Waals surface area (Å²) in [6.45, 7) is 1.03. The van der Waals surface area contributed by atoms with Crippen LogP contribution in [0.1, 0.15) is 34.5 Å². The van der Waals surface area contributed by atoms with E-state index >= 15 is 0 Å². The molecule has 11 heteroatoms. The summed E-state index contributed by atoms with van der Waals surface area (Å²) in [6.07, 6.45) is 4.62. The number of aliphatic hydroxyl groups excluding tert-OH is 1. The summed E-state index contributed by atoms with van der Waals surface area (Å²) in [5.41, 5.74) is 0.689. The second kappa shape index (κ2) is 8.30. The molecule has 0 bridgehead atoms. The van der Waals surface area contributed by atoms with E-state index in [2.05, 4.69) is 15.0 Å². The molecule has 6 nitrogen and oxygen atoms in total. The van der Waals surface area contributed by atoms with E-state index in [0.717, 1.165) is 5.56 Å². The van der Waals surface area contributed by atoms with E-state index in [1.54, 1.807) is 23.0 Å². The van der Waals surface area contributed by atoms with E-state index in [1.807, 2.05) is 6.20 Å². The molecule has 170 valence electrons. The second-order valence-electron chi connectivity index (χ2n) is 8.07. The van der Waals surface area contributed by atoms with Crippen molar-refractivity contribution >= 4 is 34.5 Å². The Balaban J connectivity index is 1.34. The largest absolute Gasteiger partial charge is 0.390 e. The monoisotopic (exact) mass is 500 g/mol. The molecule has 1 fully saturated rings. The molecule has 1 spiro atoms. The first kappa shape index (κ1) is 22.2. The third-order valence-electron chi connectivity index (χ3n) is 6.08. The molecule has 0 atom stereocenters. The lowest BCUT2D eigenvalue weighted by Crippen LogP contribution is -2.48. The Bertz CT molecular complexity index is 1140. The number of piperidine rings is 1. The highest BCUT2D eigenvalue weighted by Gasteiger charge is 2.51. The average Bonchev–Trinajstić information content (AvgIpc) is 3.37. The van der Waals surface area contributed by atoms with Crippen molar-refractivity contribution < 1.29 is 18.6 Å². The van der Waals surface area contributed by atoms with Gasteiger partial charge in [-0.25, -0.2) is 9.67 Å². The van der Waals surface area contributed by atoms with Gasteiger partial charge in [-0.05, 0) is 31.0 Å². The van der Waals surface area contributed by atoms with Gasteiger partial charge in [0.05, 0.1) is 21.7 Å². The van der Waals surface area contributed by atoms with Crippen molar-refractivity contribution in [3.63, 3.8) is 0 Å². The number of alkyl halides is 2. The Labute approximate surface area is 197 Å². The third kappa shape index (κ3) is 3.85. The Kier molecular flexibility index (Phi) is 5.76. The Hall–Kier alpha value is -1.62. The molecule has 5 heterocycles. The normalized spacial score (nSPS) is 19.9. The van der Waals surface area contributed by atoms with Crippen LogP contribution in [0.5, 0.6) is 0 Å². The summed E-state index contributed by atoms with van der Waals surface area (Å²) in [5, 5.41) is 14.7. The van der Waals surface area contributed by atoms with Crippen molar-refractivity contribution in [3.8, 4) is 5.82 Å². The van der Waals surface area contributed by atoms with Crippen LogP contribution in [0, 0.1) is 0 Å². The van der Waals surface area contributed by atoms with Crippen molar-refractivity contribution in [1.82, 2.24) is 19.7 Å². The molecule has 0 amide bonds. The van der Waals surface area contributed by atoms with E-state index in [0.29, 0.717) is 58.2 Å². The fourth-order valence-electron chi connectivity index (χ4n) is 4.39. The number of fused-ring (bicyclic) bond motifs is 2. The molecule has 0 aliphatic carbocycles. The lowest BCUT2D eigenvalue weighted by atomic mass is 9.84. The third-order valence-corrected chi connectivity index (χ3v) is 7.82. The van der Waals surface area contributed by atoms with Gasteiger partial charge in [-0.15, -0.1) is 11.3 Å². The molecular weight excluding hydrogens is 481 g/mol. The number of likely N-dealkylation sites (tertiary alicyclic amines) is 1. The maximum Gasteiger partial charge on any atom is 0.297 e. The molecule has 2 aliphatic rings. The molecule has 3 aromatic heterocycles. The smallest absolute Gasteiger partial charge is 0.297 e. The van der Waals surface area contributed by atoms with Gasteiger partial charge >= 0.3 is 0 Å². The number of pyridine rings is 1. The molecular formula is C21H20Cl2F2N4O2S. The molecule has 32 heavy (non-hydrogen) atoms. The highest BCUT2D eigenvalue weighted by Crippen LogP contribution is 2.52. The number of hydrogen-bond donors (Lipinski definition) is 1. The number of ether oxygens (including phenoxy) is 1. The van der Waals surface area contributed by atoms with E-state index in [1.165, 1.54) is 17.4 Å². The van der Waals surface area contributed by atoms with Crippen LogP contribution in [0.15, 0.2) is 30.6 Å². The number of hydrogen-bond acceptors (Lipinski definition) is 6. The predicted octanol–water partition coefficient (Wildman–Crippen LogP) is 4.74. The van der Waals surface area contributed by atoms with Gasteiger partial charge < -0.3 is 9.84 Å². The van der Waals surface area contributed by atoms with Gasteiger partial charge in [0.2, 0.25) is 0 Å². The molecule has 0 aromatic carbocycles. The zero-order valence-electron chi connectivity index (χ0n) is 16.9. The first-order valence-corrected chi connectivity index (χ1v) is 11.7. The lowest BCUT2D eigenvalue weighted by Gasteiger charge is -2.45. The molecule has 1 saturated heterocycles. The van der Waals surface area contributed by atoms with Gasteiger partial charge in [0.25, 0.3) is 5.92 Å². The molecule has 1 N–H and O–H groups in total. The number of halogens is 4. The van der Waals surface area contributed by atoms with Gasteiger partial charge in [0.15, 0.2) is 5.82 Å². The highest BCUT2D eigenvalue weighted by molar-refractivity contribution is 7.16. The van der Waals surface area contributed by atoms with Gasteiger partial charge in [0.1, 0.15) is 12.2 Å². The molecule has 5 rings (SSSR count). The fourth-order valence-corrected chi connectivity index (χ4v) is 6.08. The van der Waals surface area contributed by atoms with Crippen LogP contribution >= 0.6 is 34.5 Å². The summed E-state index contributed by atoms with van der Waals surface area (Å²) in [4.78, 5) is 7.02. The van der Waals surface area contributed by atoms with Crippen molar-refractivity contribution in [3.05, 3.63) is 61.6 Å². The van der Waals surface area contributed by atoms with Crippen LogP contribution in [-0.4, -0.2) is 44.5 Å². The van der Waals surface area contributed by atoms with Crippen molar-refractivity contribution in [2.24, 2.45) is 0 Å². The molecule has 3 aromatic rings. The van der Waals surface area contributed by atoms with Gasteiger partial charge in [-0.2, -0.15) is 13.9 Å². The van der Waals surface area contributed by atoms with Crippen LogP contribution in [-0.2, 0) is 29.4 Å². The Morgan fingerprint density at radius 3 is 2.75 bits per heavy atom. The maximum atomic E-state index is 14.3. The Morgan fingerprint density at radius 2 is 2.03 bits per heavy atom. The number of rotatable bonds is 4. The minimum atomic E-state index is -3.02. The molecule has 0 radical (unpaired) electrons. The molecule has 0 unspecified atom stereocenters. The second-order valence-corrected chi connectivity index (χ2v) is 10.2. The summed E-state index contributed by atoms with van der Waals surface area (Å²) in [6, 6.07) is 4.84. The van der Waals surface area contributed by atoms with Crippen LogP contribution < -0.4 is 0 Å². The van der Waals surface area contributed by atoms with Crippen LogP contribution in [0.4, 0.5) is 8.78 Å². The number of aliphatic hydroxyl groups is 1. The van der Waals surface area contributed by atoms with Gasteiger partial charge in [0, 0.05) is 48.0 Å². The summed E-state index contributed by atoms with van der Waals surface area (Å²) < 4.78 is 36.4. The van der Waals surface area contributed by atoms with Crippen molar-refractivity contribution in [2.45, 2.75) is 37.5 Å². The minimum Gasteiger partial charge on any atom is -0.390 e. The van der Waals surface area contributed by atoms with Crippen molar-refractivity contribution in [2.75, 3.05) is 19.7 Å². The van der Waals surface area contributed by atoms with E-state index in [-0.39, 0.29) is 12.2 Å². The summed E-state index contributed by atoms with van der Waals surface area (Å²) in [5.74, 6) is -2.52. The van der Waals surface area contributed by atoms with E-state index < -0.39 is 18.1 Å². The van der Waals surface area contributed by atoms with Gasteiger partial charge in [-0.1, -0.05) is 23.2 Å². The zero-order valence-corrected chi connectivity index (χ0v) is 19.2. The number of nitrogens with zero attached hydrogens (tertiary/aromatic N) is 4. The summed E-state index contributed by atoms with van der Waals surface area (Å²) in [7, 11) is 0. The Morgan fingerprint density at radius 1 is 1.25 bits per heavy atom. The number of aromatic nitrogens is 3. The van der Waals surface area contributed by atoms with Crippen LogP contribution in [0.25, 0.3) is 5.82 Å². The first-order chi connectivity index (χ1) is 15.3. The first-order valence-electron chi connectivity index (χ1n) is 10.1. The summed E-state index contributed by atoms with van der Waals surface area (Å²) >= 11 is 13.5. The lowest BCUT2D eigenvalue weighted by molar-refractivity contribution is -0.182. The topological polar surface area (TPSA) is 63.4 Å². The van der Waals surface area contributed by atoms with Crippen LogP contribution in [0.3, 0.4) is 0 Å². The van der Waals surface area contributed by atoms with E-state index in [9.17, 15) is 13.9 Å². The van der Waals surface area contributed by atoms with Crippen molar-refractivity contribution in [1.29, 1.82) is 0 Å².